The van der Waals surface area contributed by atoms with Gasteiger partial charge in [0.1, 0.15) is 11.6 Å². The van der Waals surface area contributed by atoms with Gasteiger partial charge in [0.25, 0.3) is 0 Å². The Morgan fingerprint density at radius 3 is 0.850 bits per heavy atom. The van der Waals surface area contributed by atoms with Crippen molar-refractivity contribution in [1.29, 1.82) is 0 Å². The molecule has 0 saturated heterocycles. The third kappa shape index (κ3) is 24.4. The maximum absolute atomic E-state index is 11.0. The lowest BCUT2D eigenvalue weighted by atomic mass is 9.96. The van der Waals surface area contributed by atoms with Gasteiger partial charge in [-0.3, -0.25) is 0 Å². The summed E-state index contributed by atoms with van der Waals surface area (Å²) in [5.74, 6) is 0.683. The van der Waals surface area contributed by atoms with E-state index < -0.39 is 0 Å². The molecule has 0 saturated carbocycles. The summed E-state index contributed by atoms with van der Waals surface area (Å²) in [4.78, 5) is 21.9. The first-order valence-electron chi connectivity index (χ1n) is 17.6. The van der Waals surface area contributed by atoms with Crippen LogP contribution in [0.5, 0.6) is 0 Å². The van der Waals surface area contributed by atoms with Crippen molar-refractivity contribution in [3.63, 3.8) is 0 Å². The molecule has 2 heteroatoms. The fraction of sp³-hybridized carbons (Fsp3) is 0.789. The van der Waals surface area contributed by atoms with Crippen molar-refractivity contribution in [1.82, 2.24) is 0 Å². The van der Waals surface area contributed by atoms with Crippen LogP contribution in [0.4, 0.5) is 0 Å². The summed E-state index contributed by atoms with van der Waals surface area (Å²) in [6.07, 6.45) is 36.2. The molecule has 0 N–H and O–H groups in total. The van der Waals surface area contributed by atoms with Gasteiger partial charge in [-0.25, -0.2) is 0 Å². The van der Waals surface area contributed by atoms with Crippen molar-refractivity contribution in [3.05, 3.63) is 35.4 Å². The molecule has 0 aliphatic rings. The topological polar surface area (TPSA) is 34.1 Å². The van der Waals surface area contributed by atoms with Gasteiger partial charge in [0.15, 0.2) is 0 Å². The van der Waals surface area contributed by atoms with Crippen LogP contribution < -0.4 is 0 Å². The van der Waals surface area contributed by atoms with Gasteiger partial charge in [0.05, 0.1) is 0 Å². The Morgan fingerprint density at radius 1 is 0.375 bits per heavy atom. The van der Waals surface area contributed by atoms with Crippen molar-refractivity contribution in [2.45, 2.75) is 194 Å². The molecule has 1 aromatic carbocycles. The number of aryl methyl sites for hydroxylation is 2. The number of unbranched alkanes of at least 4 members (excludes halogenated alkanes) is 22. The second kappa shape index (κ2) is 27.7. The Balaban J connectivity index is 1.92. The average molecular weight is 555 g/mol. The van der Waals surface area contributed by atoms with Crippen molar-refractivity contribution >= 4 is 11.6 Å². The highest BCUT2D eigenvalue weighted by molar-refractivity contribution is 5.75. The van der Waals surface area contributed by atoms with E-state index in [1.54, 1.807) is 25.0 Å². The first-order valence-corrected chi connectivity index (χ1v) is 17.6. The first-order chi connectivity index (χ1) is 19.6. The highest BCUT2D eigenvalue weighted by atomic mass is 16.1. The van der Waals surface area contributed by atoms with Crippen molar-refractivity contribution in [3.8, 4) is 0 Å². The summed E-state index contributed by atoms with van der Waals surface area (Å²) in [5.41, 5.74) is 3.21. The molecule has 0 aliphatic carbocycles. The molecule has 230 valence electrons. The van der Waals surface area contributed by atoms with Gasteiger partial charge < -0.3 is 9.59 Å². The molecule has 0 aromatic heterocycles. The zero-order valence-corrected chi connectivity index (χ0v) is 26.9. The van der Waals surface area contributed by atoms with Gasteiger partial charge in [-0.15, -0.1) is 0 Å². The second-order valence-corrected chi connectivity index (χ2v) is 12.7. The van der Waals surface area contributed by atoms with E-state index in [2.05, 4.69) is 24.3 Å². The van der Waals surface area contributed by atoms with E-state index in [9.17, 15) is 9.59 Å². The molecule has 0 radical (unpaired) electrons. The number of carbonyl (C=O) groups excluding carboxylic acids is 2. The SMILES string of the molecule is CC(=O)CCCCCCCCCCCCCCc1ccccc1CCCCCCCCCCCCCCC(C)=O. The molecule has 0 spiro atoms. The van der Waals surface area contributed by atoms with Crippen LogP contribution in [0, 0.1) is 0 Å². The van der Waals surface area contributed by atoms with Crippen LogP contribution in [0.3, 0.4) is 0 Å². The van der Waals surface area contributed by atoms with Crippen LogP contribution in [0.2, 0.25) is 0 Å². The minimum absolute atomic E-state index is 0.342. The van der Waals surface area contributed by atoms with E-state index >= 15 is 0 Å². The number of hydrogen-bond acceptors (Lipinski definition) is 2. The van der Waals surface area contributed by atoms with E-state index in [1.165, 1.54) is 154 Å². The standard InChI is InChI=1S/C38H66O2/c1-35(39)29-23-19-15-11-7-3-5-9-13-17-21-25-31-37-33-27-28-34-38(37)32-26-22-18-14-10-6-4-8-12-16-20-24-30-36(2)40/h27-28,33-34H,3-26,29-32H2,1-2H3. The molecule has 2 nitrogen and oxygen atoms in total. The number of Topliss-reactive ketones (excluding diaryl/α,β-unsaturated/α-hetero) is 2. The van der Waals surface area contributed by atoms with Crippen LogP contribution in [0.15, 0.2) is 24.3 Å². The van der Waals surface area contributed by atoms with Crippen molar-refractivity contribution in [2.75, 3.05) is 0 Å². The number of ketones is 2. The maximum Gasteiger partial charge on any atom is 0.129 e. The van der Waals surface area contributed by atoms with Crippen LogP contribution >= 0.6 is 0 Å². The van der Waals surface area contributed by atoms with Gasteiger partial charge >= 0.3 is 0 Å². The molecule has 0 aliphatic heterocycles. The van der Waals surface area contributed by atoms with Crippen molar-refractivity contribution in [2.24, 2.45) is 0 Å². The van der Waals surface area contributed by atoms with E-state index in [1.807, 2.05) is 0 Å². The Bertz CT molecular complexity index is 661. The summed E-state index contributed by atoms with van der Waals surface area (Å²) in [5, 5.41) is 0. The van der Waals surface area contributed by atoms with Crippen LogP contribution in [-0.4, -0.2) is 11.6 Å². The maximum atomic E-state index is 11.0. The van der Waals surface area contributed by atoms with Crippen LogP contribution in [-0.2, 0) is 22.4 Å². The second-order valence-electron chi connectivity index (χ2n) is 12.7. The average Bonchev–Trinajstić information content (AvgIpc) is 2.93. The first kappa shape index (κ1) is 36.6. The van der Waals surface area contributed by atoms with Gasteiger partial charge in [0, 0.05) is 12.8 Å². The Kier molecular flexibility index (Phi) is 25.4. The lowest BCUT2D eigenvalue weighted by Gasteiger charge is -2.10. The predicted molar refractivity (Wildman–Crippen MR) is 175 cm³/mol. The molecule has 0 unspecified atom stereocenters. The van der Waals surface area contributed by atoms with E-state index in [0.717, 1.165) is 25.7 Å². The predicted octanol–water partition coefficient (Wildman–Crippen LogP) is 12.1. The number of rotatable bonds is 30. The summed E-state index contributed by atoms with van der Waals surface area (Å²) in [7, 11) is 0. The molecular weight excluding hydrogens is 488 g/mol. The number of carbonyl (C=O) groups is 2. The van der Waals surface area contributed by atoms with Gasteiger partial charge in [-0.1, -0.05) is 153 Å². The molecular formula is C38H66O2. The van der Waals surface area contributed by atoms with Crippen LogP contribution in [0.25, 0.3) is 0 Å². The number of benzene rings is 1. The summed E-state index contributed by atoms with van der Waals surface area (Å²) in [6.45, 7) is 3.41. The van der Waals surface area contributed by atoms with E-state index in [0.29, 0.717) is 11.6 Å². The third-order valence-electron chi connectivity index (χ3n) is 8.57. The van der Waals surface area contributed by atoms with Gasteiger partial charge in [-0.05, 0) is 63.5 Å². The van der Waals surface area contributed by atoms with Crippen LogP contribution in [0.1, 0.15) is 192 Å². The molecule has 0 bridgehead atoms. The molecule has 1 aromatic rings. The molecule has 0 amide bonds. The normalized spacial score (nSPS) is 11.2. The fourth-order valence-electron chi connectivity index (χ4n) is 5.96. The third-order valence-corrected chi connectivity index (χ3v) is 8.57. The molecule has 1 rings (SSSR count). The zero-order valence-electron chi connectivity index (χ0n) is 26.9. The monoisotopic (exact) mass is 555 g/mol. The van der Waals surface area contributed by atoms with E-state index in [-0.39, 0.29) is 0 Å². The van der Waals surface area contributed by atoms with Crippen molar-refractivity contribution < 1.29 is 9.59 Å². The zero-order chi connectivity index (χ0) is 28.9. The molecule has 0 fully saturated rings. The fourth-order valence-corrected chi connectivity index (χ4v) is 5.96. The lowest BCUT2D eigenvalue weighted by Crippen LogP contribution is -1.95. The highest BCUT2D eigenvalue weighted by Crippen LogP contribution is 2.19. The molecule has 0 atom stereocenters. The summed E-state index contributed by atoms with van der Waals surface area (Å²) < 4.78 is 0. The van der Waals surface area contributed by atoms with Gasteiger partial charge in [-0.2, -0.15) is 0 Å². The smallest absolute Gasteiger partial charge is 0.129 e. The Morgan fingerprint density at radius 2 is 0.600 bits per heavy atom. The number of hydrogen-bond donors (Lipinski definition) is 0. The Labute approximate surface area is 249 Å². The molecule has 40 heavy (non-hydrogen) atoms. The Hall–Kier alpha value is -1.44. The van der Waals surface area contributed by atoms with Gasteiger partial charge in [0.2, 0.25) is 0 Å². The minimum Gasteiger partial charge on any atom is -0.300 e. The molecule has 0 heterocycles. The lowest BCUT2D eigenvalue weighted by molar-refractivity contribution is -0.117. The summed E-state index contributed by atoms with van der Waals surface area (Å²) in [6, 6.07) is 9.21. The largest absolute Gasteiger partial charge is 0.300 e. The minimum atomic E-state index is 0.342. The van der Waals surface area contributed by atoms with E-state index in [4.69, 9.17) is 0 Å². The summed E-state index contributed by atoms with van der Waals surface area (Å²) >= 11 is 0. The quantitative estimate of drug-likeness (QED) is 0.0886. The highest BCUT2D eigenvalue weighted by Gasteiger charge is 2.03.